The zero-order valence-electron chi connectivity index (χ0n) is 12.5. The Labute approximate surface area is 125 Å². The van der Waals surface area contributed by atoms with Gasteiger partial charge in [-0.05, 0) is 31.4 Å². The van der Waals surface area contributed by atoms with Crippen molar-refractivity contribution in [1.82, 2.24) is 5.32 Å². The van der Waals surface area contributed by atoms with E-state index in [0.717, 1.165) is 12.1 Å². The van der Waals surface area contributed by atoms with Gasteiger partial charge in [0, 0.05) is 18.3 Å². The van der Waals surface area contributed by atoms with E-state index in [1.165, 1.54) is 0 Å². The van der Waals surface area contributed by atoms with Crippen LogP contribution in [0.2, 0.25) is 5.02 Å². The molecule has 1 amide bonds. The molecule has 0 aliphatic rings. The second kappa shape index (κ2) is 8.00. The molecule has 0 saturated heterocycles. The maximum atomic E-state index is 11.9. The number of nitrogens with one attached hydrogen (secondary N) is 2. The molecule has 5 heteroatoms. The Bertz CT molecular complexity index is 449. The first-order valence-electron chi connectivity index (χ1n) is 6.81. The molecule has 0 radical (unpaired) electrons. The summed E-state index contributed by atoms with van der Waals surface area (Å²) < 4.78 is 5.15. The number of rotatable bonds is 7. The highest BCUT2D eigenvalue weighted by Gasteiger charge is 2.13. The molecular weight excluding hydrogens is 276 g/mol. The highest BCUT2D eigenvalue weighted by molar-refractivity contribution is 6.32. The van der Waals surface area contributed by atoms with E-state index in [-0.39, 0.29) is 11.9 Å². The lowest BCUT2D eigenvalue weighted by molar-refractivity contribution is -0.121. The first-order valence-corrected chi connectivity index (χ1v) is 7.19. The minimum atomic E-state index is -0.312. The Morgan fingerprint density at radius 1 is 1.35 bits per heavy atom. The normalized spacial score (nSPS) is 12.1. The Kier molecular flexibility index (Phi) is 6.65. The molecule has 0 spiro atoms. The number of halogens is 1. The minimum absolute atomic E-state index is 0.0143. The molecule has 1 aromatic carbocycles. The third-order valence-corrected chi connectivity index (χ3v) is 3.26. The van der Waals surface area contributed by atoms with Crippen LogP contribution in [0.25, 0.3) is 0 Å². The van der Waals surface area contributed by atoms with Crippen molar-refractivity contribution >= 4 is 23.2 Å². The molecule has 0 saturated carbocycles. The van der Waals surface area contributed by atoms with Gasteiger partial charge >= 0.3 is 0 Å². The Morgan fingerprint density at radius 3 is 2.65 bits per heavy atom. The third-order valence-electron chi connectivity index (χ3n) is 2.95. The van der Waals surface area contributed by atoms with Crippen molar-refractivity contribution in [3.8, 4) is 5.75 Å². The largest absolute Gasteiger partial charge is 0.495 e. The first-order chi connectivity index (χ1) is 9.43. The molecule has 1 atom stereocenters. The summed E-state index contributed by atoms with van der Waals surface area (Å²) in [5.74, 6) is 1.16. The van der Waals surface area contributed by atoms with Crippen molar-refractivity contribution < 1.29 is 9.53 Å². The smallest absolute Gasteiger partial charge is 0.242 e. The highest BCUT2D eigenvalue weighted by Crippen LogP contribution is 2.27. The first kappa shape index (κ1) is 16.6. The summed E-state index contributed by atoms with van der Waals surface area (Å²) in [5.41, 5.74) is 0.803. The van der Waals surface area contributed by atoms with Gasteiger partial charge < -0.3 is 15.4 Å². The van der Waals surface area contributed by atoms with E-state index in [4.69, 9.17) is 16.3 Å². The molecule has 0 aliphatic heterocycles. The van der Waals surface area contributed by atoms with Crippen LogP contribution in [-0.2, 0) is 4.79 Å². The fraction of sp³-hybridized carbons (Fsp3) is 0.533. The summed E-state index contributed by atoms with van der Waals surface area (Å²) in [4.78, 5) is 11.9. The van der Waals surface area contributed by atoms with Crippen molar-refractivity contribution in [3.63, 3.8) is 0 Å². The lowest BCUT2D eigenvalue weighted by atomic mass is 10.1. The molecule has 2 N–H and O–H groups in total. The summed E-state index contributed by atoms with van der Waals surface area (Å²) in [6.07, 6.45) is 0.979. The van der Waals surface area contributed by atoms with Crippen molar-refractivity contribution in [2.45, 2.75) is 33.2 Å². The van der Waals surface area contributed by atoms with Crippen molar-refractivity contribution in [3.05, 3.63) is 23.2 Å². The van der Waals surface area contributed by atoms with E-state index in [1.807, 2.05) is 13.0 Å². The maximum Gasteiger partial charge on any atom is 0.242 e. The van der Waals surface area contributed by atoms with Crippen LogP contribution in [0.15, 0.2) is 18.2 Å². The number of ether oxygens (including phenoxy) is 1. The van der Waals surface area contributed by atoms with Crippen LogP contribution in [0.3, 0.4) is 0 Å². The number of hydrogen-bond acceptors (Lipinski definition) is 3. The van der Waals surface area contributed by atoms with Gasteiger partial charge in [-0.1, -0.05) is 25.4 Å². The maximum absolute atomic E-state index is 11.9. The molecular formula is C15H23ClN2O2. The standard InChI is InChI=1S/C15H23ClN2O2/c1-10(2)7-8-17-15(19)11(3)18-12-5-6-13(16)14(9-12)20-4/h5-6,9-11,18H,7-8H2,1-4H3,(H,17,19). The Morgan fingerprint density at radius 2 is 2.05 bits per heavy atom. The predicted molar refractivity (Wildman–Crippen MR) is 83.6 cm³/mol. The topological polar surface area (TPSA) is 50.4 Å². The lowest BCUT2D eigenvalue weighted by Crippen LogP contribution is -2.38. The van der Waals surface area contributed by atoms with Crippen LogP contribution in [-0.4, -0.2) is 25.6 Å². The summed E-state index contributed by atoms with van der Waals surface area (Å²) >= 11 is 5.96. The van der Waals surface area contributed by atoms with E-state index >= 15 is 0 Å². The fourth-order valence-corrected chi connectivity index (χ4v) is 1.90. The van der Waals surface area contributed by atoms with Crippen LogP contribution in [0, 0.1) is 5.92 Å². The summed E-state index contributed by atoms with van der Waals surface area (Å²) in [6, 6.07) is 5.03. The second-order valence-corrected chi connectivity index (χ2v) is 5.60. The van der Waals surface area contributed by atoms with Gasteiger partial charge in [0.05, 0.1) is 12.1 Å². The van der Waals surface area contributed by atoms with E-state index in [9.17, 15) is 4.79 Å². The number of carbonyl (C=O) groups excluding carboxylic acids is 1. The van der Waals surface area contributed by atoms with Gasteiger partial charge in [-0.3, -0.25) is 4.79 Å². The average molecular weight is 299 g/mol. The van der Waals surface area contributed by atoms with Crippen LogP contribution in [0.4, 0.5) is 5.69 Å². The molecule has 0 bridgehead atoms. The van der Waals surface area contributed by atoms with Gasteiger partial charge in [0.2, 0.25) is 5.91 Å². The lowest BCUT2D eigenvalue weighted by Gasteiger charge is -2.16. The monoisotopic (exact) mass is 298 g/mol. The van der Waals surface area contributed by atoms with Crippen molar-refractivity contribution in [1.29, 1.82) is 0 Å². The number of amides is 1. The van der Waals surface area contributed by atoms with E-state index in [1.54, 1.807) is 19.2 Å². The highest BCUT2D eigenvalue weighted by atomic mass is 35.5. The molecule has 1 aromatic rings. The fourth-order valence-electron chi connectivity index (χ4n) is 1.70. The van der Waals surface area contributed by atoms with Gasteiger partial charge in [-0.2, -0.15) is 0 Å². The second-order valence-electron chi connectivity index (χ2n) is 5.19. The van der Waals surface area contributed by atoms with E-state index in [0.29, 0.717) is 23.2 Å². The van der Waals surface area contributed by atoms with E-state index in [2.05, 4.69) is 24.5 Å². The molecule has 20 heavy (non-hydrogen) atoms. The number of carbonyl (C=O) groups is 1. The van der Waals surface area contributed by atoms with Crippen molar-refractivity contribution in [2.24, 2.45) is 5.92 Å². The SMILES string of the molecule is COc1cc(NC(C)C(=O)NCCC(C)C)ccc1Cl. The average Bonchev–Trinajstić information content (AvgIpc) is 2.40. The minimum Gasteiger partial charge on any atom is -0.495 e. The van der Waals surface area contributed by atoms with Crippen molar-refractivity contribution in [2.75, 3.05) is 19.0 Å². The number of benzene rings is 1. The number of hydrogen-bond donors (Lipinski definition) is 2. The molecule has 0 heterocycles. The zero-order valence-corrected chi connectivity index (χ0v) is 13.3. The van der Waals surface area contributed by atoms with Crippen LogP contribution in [0.1, 0.15) is 27.2 Å². The van der Waals surface area contributed by atoms with Gasteiger partial charge in [0.1, 0.15) is 11.8 Å². The zero-order chi connectivity index (χ0) is 15.1. The molecule has 1 unspecified atom stereocenters. The predicted octanol–water partition coefficient (Wildman–Crippen LogP) is 3.31. The Hall–Kier alpha value is -1.42. The summed E-state index contributed by atoms with van der Waals surface area (Å²) in [6.45, 7) is 6.79. The molecule has 112 valence electrons. The van der Waals surface area contributed by atoms with Gasteiger partial charge in [-0.15, -0.1) is 0 Å². The van der Waals surface area contributed by atoms with Crippen LogP contribution in [0.5, 0.6) is 5.75 Å². The molecule has 0 aromatic heterocycles. The summed E-state index contributed by atoms with van der Waals surface area (Å²) in [5, 5.41) is 6.59. The Balaban J connectivity index is 2.52. The van der Waals surface area contributed by atoms with Gasteiger partial charge in [-0.25, -0.2) is 0 Å². The summed E-state index contributed by atoms with van der Waals surface area (Å²) in [7, 11) is 1.56. The van der Waals surface area contributed by atoms with E-state index < -0.39 is 0 Å². The van der Waals surface area contributed by atoms with Crippen LogP contribution < -0.4 is 15.4 Å². The third kappa shape index (κ3) is 5.29. The molecule has 4 nitrogen and oxygen atoms in total. The van der Waals surface area contributed by atoms with Gasteiger partial charge in [0.15, 0.2) is 0 Å². The molecule has 1 rings (SSSR count). The molecule has 0 fully saturated rings. The molecule has 0 aliphatic carbocycles. The number of methoxy groups -OCH3 is 1. The van der Waals surface area contributed by atoms with Crippen LogP contribution >= 0.6 is 11.6 Å². The van der Waals surface area contributed by atoms with Gasteiger partial charge in [0.25, 0.3) is 0 Å². The quantitative estimate of drug-likeness (QED) is 0.812. The number of anilines is 1.